The molecule has 0 aromatic heterocycles. The molecule has 3 aromatic carbocycles. The Morgan fingerprint density at radius 1 is 0.971 bits per heavy atom. The lowest BCUT2D eigenvalue weighted by molar-refractivity contribution is -0.142. The zero-order chi connectivity index (χ0) is 25.4. The van der Waals surface area contributed by atoms with Gasteiger partial charge in [-0.1, -0.05) is 48.5 Å². The minimum Gasteiger partial charge on any atom is -0.483 e. The highest BCUT2D eigenvalue weighted by Crippen LogP contribution is 2.24. The Morgan fingerprint density at radius 2 is 1.66 bits per heavy atom. The summed E-state index contributed by atoms with van der Waals surface area (Å²) in [6.07, 6.45) is 0.349. The van der Waals surface area contributed by atoms with Crippen LogP contribution in [0.5, 0.6) is 5.75 Å². The second-order valence-electron chi connectivity index (χ2n) is 8.74. The van der Waals surface area contributed by atoms with Crippen molar-refractivity contribution in [3.8, 4) is 5.75 Å². The molecule has 0 saturated heterocycles. The van der Waals surface area contributed by atoms with E-state index in [9.17, 15) is 14.0 Å². The number of rotatable bonds is 10. The molecule has 6 heteroatoms. The van der Waals surface area contributed by atoms with Gasteiger partial charge in [0, 0.05) is 19.5 Å². The number of ether oxygens (including phenoxy) is 1. The number of carbonyl (C=O) groups excluding carboxylic acids is 2. The number of hydrogen-bond acceptors (Lipinski definition) is 3. The van der Waals surface area contributed by atoms with Crippen LogP contribution in [0.3, 0.4) is 0 Å². The van der Waals surface area contributed by atoms with Crippen molar-refractivity contribution in [1.29, 1.82) is 0 Å². The predicted molar refractivity (Wildman–Crippen MR) is 136 cm³/mol. The topological polar surface area (TPSA) is 58.6 Å². The summed E-state index contributed by atoms with van der Waals surface area (Å²) < 4.78 is 19.5. The van der Waals surface area contributed by atoms with Crippen LogP contribution < -0.4 is 10.1 Å². The summed E-state index contributed by atoms with van der Waals surface area (Å²) >= 11 is 0. The minimum atomic E-state index is -0.751. The van der Waals surface area contributed by atoms with E-state index < -0.39 is 6.04 Å². The Labute approximate surface area is 206 Å². The summed E-state index contributed by atoms with van der Waals surface area (Å²) in [5.41, 5.74) is 4.76. The van der Waals surface area contributed by atoms with Gasteiger partial charge in [0.05, 0.1) is 0 Å². The molecular formula is C29H33FN2O3. The van der Waals surface area contributed by atoms with E-state index in [-0.39, 0.29) is 30.8 Å². The number of halogens is 1. The van der Waals surface area contributed by atoms with Gasteiger partial charge in [0.15, 0.2) is 6.61 Å². The van der Waals surface area contributed by atoms with Gasteiger partial charge < -0.3 is 15.0 Å². The van der Waals surface area contributed by atoms with Crippen LogP contribution in [0.4, 0.5) is 4.39 Å². The van der Waals surface area contributed by atoms with Crippen LogP contribution in [0.2, 0.25) is 0 Å². The van der Waals surface area contributed by atoms with Crippen LogP contribution in [0, 0.1) is 26.6 Å². The molecule has 1 atom stereocenters. The molecule has 3 rings (SSSR count). The smallest absolute Gasteiger partial charge is 0.261 e. The molecule has 2 amide bonds. The fourth-order valence-corrected chi connectivity index (χ4v) is 4.01. The summed E-state index contributed by atoms with van der Waals surface area (Å²) in [6.45, 7) is 8.17. The van der Waals surface area contributed by atoms with Gasteiger partial charge in [-0.05, 0) is 73.7 Å². The number of nitrogens with zero attached hydrogens (tertiary/aromatic N) is 1. The van der Waals surface area contributed by atoms with Crippen LogP contribution in [0.25, 0.3) is 0 Å². The maximum absolute atomic E-state index is 13.6. The van der Waals surface area contributed by atoms with E-state index in [1.165, 1.54) is 17.0 Å². The molecule has 5 nitrogen and oxygen atoms in total. The number of aryl methyl sites for hydroxylation is 2. The number of benzene rings is 3. The van der Waals surface area contributed by atoms with E-state index in [0.29, 0.717) is 18.7 Å². The predicted octanol–water partition coefficient (Wildman–Crippen LogP) is 4.91. The van der Waals surface area contributed by atoms with Crippen molar-refractivity contribution in [1.82, 2.24) is 10.2 Å². The van der Waals surface area contributed by atoms with Crippen LogP contribution in [0.1, 0.15) is 34.7 Å². The Morgan fingerprint density at radius 3 is 2.31 bits per heavy atom. The molecule has 0 saturated carbocycles. The van der Waals surface area contributed by atoms with Crippen molar-refractivity contribution < 1.29 is 18.7 Å². The SMILES string of the molecule is CCNC(=O)C(Cc1ccccc1)N(Cc1ccc(F)cc1)C(=O)COc1cc(C)cc(C)c1C. The summed E-state index contributed by atoms with van der Waals surface area (Å²) in [5.74, 6) is -0.269. The third-order valence-corrected chi connectivity index (χ3v) is 6.00. The van der Waals surface area contributed by atoms with Crippen LogP contribution in [-0.4, -0.2) is 35.9 Å². The van der Waals surface area contributed by atoms with Gasteiger partial charge >= 0.3 is 0 Å². The molecule has 0 aliphatic rings. The van der Waals surface area contributed by atoms with Gasteiger partial charge in [0.2, 0.25) is 5.91 Å². The Hall–Kier alpha value is -3.67. The molecule has 184 valence electrons. The molecule has 35 heavy (non-hydrogen) atoms. The molecule has 0 heterocycles. The van der Waals surface area contributed by atoms with Gasteiger partial charge in [-0.3, -0.25) is 9.59 Å². The molecule has 1 unspecified atom stereocenters. The van der Waals surface area contributed by atoms with Gasteiger partial charge in [0.25, 0.3) is 5.91 Å². The molecule has 0 fully saturated rings. The molecular weight excluding hydrogens is 443 g/mol. The summed E-state index contributed by atoms with van der Waals surface area (Å²) in [6, 6.07) is 18.8. The highest BCUT2D eigenvalue weighted by Gasteiger charge is 2.30. The first-order valence-electron chi connectivity index (χ1n) is 11.8. The zero-order valence-electron chi connectivity index (χ0n) is 20.8. The van der Waals surface area contributed by atoms with E-state index in [1.54, 1.807) is 12.1 Å². The quantitative estimate of drug-likeness (QED) is 0.453. The number of carbonyl (C=O) groups is 2. The standard InChI is InChI=1S/C29H33FN2O3/c1-5-31-29(34)26(17-23-9-7-6-8-10-23)32(18-24-11-13-25(30)14-12-24)28(33)19-35-27-16-20(2)15-21(3)22(27)4/h6-16,26H,5,17-19H2,1-4H3,(H,31,34). The Balaban J connectivity index is 1.91. The van der Waals surface area contributed by atoms with Gasteiger partial charge in [-0.25, -0.2) is 4.39 Å². The lowest BCUT2D eigenvalue weighted by Gasteiger charge is -2.31. The molecule has 0 aliphatic heterocycles. The third kappa shape index (κ3) is 7.15. The fourth-order valence-electron chi connectivity index (χ4n) is 4.01. The number of likely N-dealkylation sites (N-methyl/N-ethyl adjacent to an activating group) is 1. The van der Waals surface area contributed by atoms with E-state index in [4.69, 9.17) is 4.74 Å². The first-order chi connectivity index (χ1) is 16.8. The first-order valence-corrected chi connectivity index (χ1v) is 11.8. The van der Waals surface area contributed by atoms with E-state index >= 15 is 0 Å². The lowest BCUT2D eigenvalue weighted by Crippen LogP contribution is -2.51. The summed E-state index contributed by atoms with van der Waals surface area (Å²) in [7, 11) is 0. The van der Waals surface area contributed by atoms with Crippen LogP contribution in [-0.2, 0) is 22.6 Å². The van der Waals surface area contributed by atoms with E-state index in [1.807, 2.05) is 64.1 Å². The Bertz CT molecular complexity index is 1150. The normalized spacial score (nSPS) is 11.6. The lowest BCUT2D eigenvalue weighted by atomic mass is 10.0. The fraction of sp³-hybridized carbons (Fsp3) is 0.310. The average Bonchev–Trinajstić information content (AvgIpc) is 2.84. The van der Waals surface area contributed by atoms with Gasteiger partial charge in [-0.2, -0.15) is 0 Å². The molecule has 0 spiro atoms. The second-order valence-corrected chi connectivity index (χ2v) is 8.74. The molecule has 0 bridgehead atoms. The molecule has 0 radical (unpaired) electrons. The zero-order valence-corrected chi connectivity index (χ0v) is 20.8. The van der Waals surface area contributed by atoms with E-state index in [0.717, 1.165) is 27.8 Å². The summed E-state index contributed by atoms with van der Waals surface area (Å²) in [4.78, 5) is 28.2. The monoisotopic (exact) mass is 476 g/mol. The van der Waals surface area contributed by atoms with Crippen molar-refractivity contribution in [3.63, 3.8) is 0 Å². The highest BCUT2D eigenvalue weighted by atomic mass is 19.1. The van der Waals surface area contributed by atoms with Crippen molar-refractivity contribution in [2.24, 2.45) is 0 Å². The average molecular weight is 477 g/mol. The van der Waals surface area contributed by atoms with Crippen molar-refractivity contribution in [2.75, 3.05) is 13.2 Å². The number of hydrogen-bond donors (Lipinski definition) is 1. The summed E-state index contributed by atoms with van der Waals surface area (Å²) in [5, 5.41) is 2.86. The largest absolute Gasteiger partial charge is 0.483 e. The highest BCUT2D eigenvalue weighted by molar-refractivity contribution is 5.88. The van der Waals surface area contributed by atoms with Crippen molar-refractivity contribution >= 4 is 11.8 Å². The second kappa shape index (κ2) is 12.2. The van der Waals surface area contributed by atoms with Crippen LogP contribution >= 0.6 is 0 Å². The number of nitrogens with one attached hydrogen (secondary N) is 1. The maximum atomic E-state index is 13.6. The van der Waals surface area contributed by atoms with E-state index in [2.05, 4.69) is 11.4 Å². The molecule has 0 aliphatic carbocycles. The molecule has 3 aromatic rings. The third-order valence-electron chi connectivity index (χ3n) is 6.00. The molecule has 1 N–H and O–H groups in total. The van der Waals surface area contributed by atoms with Crippen LogP contribution in [0.15, 0.2) is 66.7 Å². The van der Waals surface area contributed by atoms with Gasteiger partial charge in [0.1, 0.15) is 17.6 Å². The number of amides is 2. The Kier molecular flexibility index (Phi) is 9.01. The van der Waals surface area contributed by atoms with Crippen molar-refractivity contribution in [3.05, 3.63) is 100 Å². The first kappa shape index (κ1) is 25.9. The maximum Gasteiger partial charge on any atom is 0.261 e. The van der Waals surface area contributed by atoms with Gasteiger partial charge in [-0.15, -0.1) is 0 Å². The van der Waals surface area contributed by atoms with Crippen molar-refractivity contribution in [2.45, 2.75) is 46.7 Å². The minimum absolute atomic E-state index is 0.156.